The average molecular weight is 296 g/mol. The van der Waals surface area contributed by atoms with Crippen molar-refractivity contribution in [2.75, 3.05) is 13.2 Å². The highest BCUT2D eigenvalue weighted by Gasteiger charge is 2.35. The van der Waals surface area contributed by atoms with E-state index in [0.29, 0.717) is 10.8 Å². The van der Waals surface area contributed by atoms with E-state index in [4.69, 9.17) is 9.47 Å². The van der Waals surface area contributed by atoms with Gasteiger partial charge in [0.05, 0.1) is 6.54 Å². The number of nitrogens with one attached hydrogen (secondary N) is 1. The third-order valence-electron chi connectivity index (χ3n) is 2.37. The third-order valence-corrected chi connectivity index (χ3v) is 2.37. The number of H-pyrrole nitrogens is 1. The van der Waals surface area contributed by atoms with Crippen LogP contribution >= 0.6 is 0 Å². The minimum Gasteiger partial charge on any atom is -0.351 e. The number of aromatic amines is 1. The van der Waals surface area contributed by atoms with Crippen molar-refractivity contribution in [1.82, 2.24) is 9.55 Å². The number of hydrogen-bond acceptors (Lipinski definition) is 4. The van der Waals surface area contributed by atoms with E-state index in [1.807, 2.05) is 0 Å². The van der Waals surface area contributed by atoms with E-state index in [1.165, 1.54) is 0 Å². The first-order chi connectivity index (χ1) is 9.29. The molecule has 0 spiro atoms. The molecule has 0 saturated heterocycles. The molecule has 1 rings (SSSR count). The highest BCUT2D eigenvalue weighted by Crippen LogP contribution is 2.25. The lowest BCUT2D eigenvalue weighted by Crippen LogP contribution is -2.37. The number of rotatable bonds is 6. The lowest BCUT2D eigenvalue weighted by Gasteiger charge is -2.18. The van der Waals surface area contributed by atoms with Crippen LogP contribution in [0.15, 0.2) is 15.8 Å². The van der Waals surface area contributed by atoms with Gasteiger partial charge in [-0.25, -0.2) is 4.79 Å². The van der Waals surface area contributed by atoms with Gasteiger partial charge in [0.1, 0.15) is 5.56 Å². The Bertz CT molecular complexity index is 544. The minimum absolute atomic E-state index is 0.250. The molecule has 0 aliphatic carbocycles. The SMILES string of the molecule is CCOC(Cn1cc(C(F)(F)F)c(=O)[nH]c1=O)OCC. The highest BCUT2D eigenvalue weighted by atomic mass is 19.4. The molecule has 0 saturated carbocycles. The van der Waals surface area contributed by atoms with Crippen LogP contribution in [-0.4, -0.2) is 29.1 Å². The van der Waals surface area contributed by atoms with Crippen LogP contribution in [0.5, 0.6) is 0 Å². The lowest BCUT2D eigenvalue weighted by atomic mass is 10.3. The molecule has 1 N–H and O–H groups in total. The molecule has 9 heteroatoms. The number of hydrogen-bond donors (Lipinski definition) is 1. The van der Waals surface area contributed by atoms with Gasteiger partial charge in [0.2, 0.25) is 0 Å². The van der Waals surface area contributed by atoms with E-state index in [2.05, 4.69) is 0 Å². The van der Waals surface area contributed by atoms with Gasteiger partial charge in [-0.2, -0.15) is 13.2 Å². The van der Waals surface area contributed by atoms with Crippen molar-refractivity contribution in [2.45, 2.75) is 32.9 Å². The Morgan fingerprint density at radius 2 is 1.80 bits per heavy atom. The average Bonchev–Trinajstić information content (AvgIpc) is 2.31. The number of halogens is 3. The van der Waals surface area contributed by atoms with E-state index in [9.17, 15) is 22.8 Å². The van der Waals surface area contributed by atoms with Crippen LogP contribution in [0.3, 0.4) is 0 Å². The van der Waals surface area contributed by atoms with Crippen LogP contribution in [0.1, 0.15) is 19.4 Å². The van der Waals surface area contributed by atoms with Crippen LogP contribution < -0.4 is 11.2 Å². The number of aromatic nitrogens is 2. The monoisotopic (exact) mass is 296 g/mol. The molecule has 0 aromatic carbocycles. The molecule has 20 heavy (non-hydrogen) atoms. The van der Waals surface area contributed by atoms with Gasteiger partial charge >= 0.3 is 11.9 Å². The fraction of sp³-hybridized carbons (Fsp3) is 0.636. The summed E-state index contributed by atoms with van der Waals surface area (Å²) in [6.45, 7) is 3.66. The van der Waals surface area contributed by atoms with Crippen molar-refractivity contribution in [3.63, 3.8) is 0 Å². The molecular formula is C11H15F3N2O4. The van der Waals surface area contributed by atoms with E-state index >= 15 is 0 Å². The molecule has 0 amide bonds. The zero-order valence-corrected chi connectivity index (χ0v) is 11.0. The lowest BCUT2D eigenvalue weighted by molar-refractivity contribution is -0.147. The van der Waals surface area contributed by atoms with Crippen LogP contribution in [0.25, 0.3) is 0 Å². The topological polar surface area (TPSA) is 73.3 Å². The van der Waals surface area contributed by atoms with Crippen molar-refractivity contribution < 1.29 is 22.6 Å². The normalized spacial score (nSPS) is 12.1. The predicted octanol–water partition coefficient (Wildman–Crippen LogP) is 0.955. The van der Waals surface area contributed by atoms with Crippen molar-refractivity contribution in [3.8, 4) is 0 Å². The smallest absolute Gasteiger partial charge is 0.351 e. The molecule has 1 aromatic rings. The quantitative estimate of drug-likeness (QED) is 0.793. The standard InChI is InChI=1S/C11H15F3N2O4/c1-3-19-8(20-4-2)6-16-5-7(11(12,13)14)9(17)15-10(16)18/h5,8H,3-4,6H2,1-2H3,(H,15,17,18). The Labute approximate surface area is 112 Å². The van der Waals surface area contributed by atoms with E-state index in [-0.39, 0.29) is 19.8 Å². The molecule has 0 aliphatic heterocycles. The molecule has 1 aromatic heterocycles. The first-order valence-corrected chi connectivity index (χ1v) is 5.93. The van der Waals surface area contributed by atoms with E-state index in [0.717, 1.165) is 0 Å². The molecular weight excluding hydrogens is 281 g/mol. The largest absolute Gasteiger partial charge is 0.423 e. The summed E-state index contributed by atoms with van der Waals surface area (Å²) in [5, 5.41) is 0. The first kappa shape index (κ1) is 16.4. The molecule has 0 aliphatic rings. The summed E-state index contributed by atoms with van der Waals surface area (Å²) in [6, 6.07) is 0. The summed E-state index contributed by atoms with van der Waals surface area (Å²) in [4.78, 5) is 24.2. The molecule has 0 radical (unpaired) electrons. The Balaban J connectivity index is 3.12. The summed E-state index contributed by atoms with van der Waals surface area (Å²) >= 11 is 0. The molecule has 1 heterocycles. The second kappa shape index (κ2) is 6.71. The fourth-order valence-corrected chi connectivity index (χ4v) is 1.53. The Morgan fingerprint density at radius 1 is 1.25 bits per heavy atom. The molecule has 0 unspecified atom stereocenters. The van der Waals surface area contributed by atoms with Crippen LogP contribution in [-0.2, 0) is 22.2 Å². The van der Waals surface area contributed by atoms with Gasteiger partial charge in [-0.1, -0.05) is 0 Å². The van der Waals surface area contributed by atoms with Crippen molar-refractivity contribution in [2.24, 2.45) is 0 Å². The van der Waals surface area contributed by atoms with E-state index in [1.54, 1.807) is 18.8 Å². The second-order valence-electron chi connectivity index (χ2n) is 3.79. The summed E-state index contributed by atoms with van der Waals surface area (Å²) < 4.78 is 48.8. The van der Waals surface area contributed by atoms with Gasteiger partial charge in [0.15, 0.2) is 6.29 Å². The molecule has 0 bridgehead atoms. The fourth-order valence-electron chi connectivity index (χ4n) is 1.53. The zero-order chi connectivity index (χ0) is 15.3. The van der Waals surface area contributed by atoms with Gasteiger partial charge in [-0.15, -0.1) is 0 Å². The van der Waals surface area contributed by atoms with Crippen molar-refractivity contribution >= 4 is 0 Å². The minimum atomic E-state index is -4.84. The molecule has 0 atom stereocenters. The van der Waals surface area contributed by atoms with E-state index < -0.39 is 29.3 Å². The Morgan fingerprint density at radius 3 is 2.25 bits per heavy atom. The predicted molar refractivity (Wildman–Crippen MR) is 63.4 cm³/mol. The van der Waals surface area contributed by atoms with Crippen molar-refractivity contribution in [3.05, 3.63) is 32.6 Å². The highest BCUT2D eigenvalue weighted by molar-refractivity contribution is 5.08. The summed E-state index contributed by atoms with van der Waals surface area (Å²) in [7, 11) is 0. The molecule has 114 valence electrons. The Hall–Kier alpha value is -1.61. The first-order valence-electron chi connectivity index (χ1n) is 5.93. The second-order valence-corrected chi connectivity index (χ2v) is 3.79. The molecule has 6 nitrogen and oxygen atoms in total. The maximum atomic E-state index is 12.6. The van der Waals surface area contributed by atoms with Crippen LogP contribution in [0, 0.1) is 0 Å². The number of nitrogens with zero attached hydrogens (tertiary/aromatic N) is 1. The van der Waals surface area contributed by atoms with Crippen LogP contribution in [0.2, 0.25) is 0 Å². The van der Waals surface area contributed by atoms with Gasteiger partial charge in [0.25, 0.3) is 5.56 Å². The van der Waals surface area contributed by atoms with Crippen molar-refractivity contribution in [1.29, 1.82) is 0 Å². The number of alkyl halides is 3. The van der Waals surface area contributed by atoms with Gasteiger partial charge < -0.3 is 9.47 Å². The zero-order valence-electron chi connectivity index (χ0n) is 11.0. The van der Waals surface area contributed by atoms with Gasteiger partial charge in [-0.05, 0) is 13.8 Å². The van der Waals surface area contributed by atoms with Gasteiger partial charge in [0, 0.05) is 19.4 Å². The Kier molecular flexibility index (Phi) is 5.52. The maximum absolute atomic E-state index is 12.6. The van der Waals surface area contributed by atoms with Gasteiger partial charge in [-0.3, -0.25) is 14.3 Å². The third kappa shape index (κ3) is 4.20. The summed E-state index contributed by atoms with van der Waals surface area (Å²) in [5.41, 5.74) is -3.86. The maximum Gasteiger partial charge on any atom is 0.423 e. The summed E-state index contributed by atoms with van der Waals surface area (Å²) in [5.74, 6) is 0. The van der Waals surface area contributed by atoms with Crippen LogP contribution in [0.4, 0.5) is 13.2 Å². The molecule has 0 fully saturated rings. The summed E-state index contributed by atoms with van der Waals surface area (Å²) in [6.07, 6.45) is -5.24. The number of ether oxygens (including phenoxy) is 2.